The molecule has 0 bridgehead atoms. The molecule has 4 nitrogen and oxygen atoms in total. The SMILES string of the molecule is O=C(Oc1ccc(F)c(F)c1C(=O)[O-])c1c(I)cc(I)cc1I. The lowest BCUT2D eigenvalue weighted by atomic mass is 10.1. The van der Waals surface area contributed by atoms with E-state index in [1.807, 2.05) is 45.2 Å². The number of esters is 1. The van der Waals surface area contributed by atoms with E-state index in [9.17, 15) is 23.5 Å². The summed E-state index contributed by atoms with van der Waals surface area (Å²) in [6, 6.07) is 5.00. The average molecular weight is 655 g/mol. The number of carbonyl (C=O) groups is 2. The summed E-state index contributed by atoms with van der Waals surface area (Å²) in [5.41, 5.74) is -0.922. The first-order valence-electron chi connectivity index (χ1n) is 5.78. The van der Waals surface area contributed by atoms with Crippen molar-refractivity contribution in [2.24, 2.45) is 0 Å². The van der Waals surface area contributed by atoms with E-state index < -0.39 is 34.9 Å². The molecule has 0 N–H and O–H groups in total. The minimum Gasteiger partial charge on any atom is -0.545 e. The number of ether oxygens (including phenoxy) is 1. The third-order valence-corrected chi connectivity index (χ3v) is 5.00. The Morgan fingerprint density at radius 2 is 1.57 bits per heavy atom. The van der Waals surface area contributed by atoms with Gasteiger partial charge in [0.05, 0.1) is 17.1 Å². The Labute approximate surface area is 170 Å². The molecule has 0 unspecified atom stereocenters. The number of benzene rings is 2. The number of aromatic carboxylic acids is 1. The van der Waals surface area contributed by atoms with Gasteiger partial charge in [0.1, 0.15) is 5.75 Å². The average Bonchev–Trinajstić information content (AvgIpc) is 2.41. The van der Waals surface area contributed by atoms with Gasteiger partial charge in [-0.05, 0) is 92.0 Å². The van der Waals surface area contributed by atoms with Crippen molar-refractivity contribution >= 4 is 79.7 Å². The number of hydrogen-bond acceptors (Lipinski definition) is 4. The van der Waals surface area contributed by atoms with Gasteiger partial charge in [0.25, 0.3) is 0 Å². The molecule has 120 valence electrons. The van der Waals surface area contributed by atoms with Crippen LogP contribution in [-0.4, -0.2) is 11.9 Å². The first-order valence-corrected chi connectivity index (χ1v) is 9.02. The van der Waals surface area contributed by atoms with Crippen molar-refractivity contribution in [2.45, 2.75) is 0 Å². The van der Waals surface area contributed by atoms with E-state index in [2.05, 4.69) is 22.6 Å². The molecule has 0 fully saturated rings. The molecule has 0 aliphatic heterocycles. The summed E-state index contributed by atoms with van der Waals surface area (Å²) in [7, 11) is 0. The van der Waals surface area contributed by atoms with E-state index in [0.717, 1.165) is 9.64 Å². The number of rotatable bonds is 3. The number of carbonyl (C=O) groups excluding carboxylic acids is 2. The molecule has 2 aromatic rings. The maximum Gasteiger partial charge on any atom is 0.345 e. The maximum absolute atomic E-state index is 13.6. The van der Waals surface area contributed by atoms with Crippen LogP contribution in [0.15, 0.2) is 24.3 Å². The first kappa shape index (κ1) is 18.8. The van der Waals surface area contributed by atoms with Crippen molar-refractivity contribution in [3.63, 3.8) is 0 Å². The Balaban J connectivity index is 2.47. The van der Waals surface area contributed by atoms with Crippen LogP contribution < -0.4 is 9.84 Å². The fourth-order valence-corrected chi connectivity index (χ4v) is 5.72. The molecular formula is C14H4F2I3O4-. The van der Waals surface area contributed by atoms with Crippen LogP contribution in [0.1, 0.15) is 20.7 Å². The second kappa shape index (κ2) is 7.55. The van der Waals surface area contributed by atoms with E-state index in [-0.39, 0.29) is 5.56 Å². The van der Waals surface area contributed by atoms with E-state index in [1.54, 1.807) is 12.1 Å². The summed E-state index contributed by atoms with van der Waals surface area (Å²) >= 11 is 5.94. The van der Waals surface area contributed by atoms with Crippen LogP contribution >= 0.6 is 67.8 Å². The highest BCUT2D eigenvalue weighted by Gasteiger charge is 2.22. The highest BCUT2D eigenvalue weighted by molar-refractivity contribution is 14.1. The quantitative estimate of drug-likeness (QED) is 0.290. The number of hydrogen-bond donors (Lipinski definition) is 0. The highest BCUT2D eigenvalue weighted by Crippen LogP contribution is 2.27. The summed E-state index contributed by atoms with van der Waals surface area (Å²) in [6.07, 6.45) is 0. The fourth-order valence-electron chi connectivity index (χ4n) is 1.70. The zero-order chi connectivity index (χ0) is 17.3. The van der Waals surface area contributed by atoms with Crippen molar-refractivity contribution in [3.05, 3.63) is 57.7 Å². The number of carboxylic acids is 1. The summed E-state index contributed by atoms with van der Waals surface area (Å²) < 4.78 is 33.7. The monoisotopic (exact) mass is 655 g/mol. The maximum atomic E-state index is 13.6. The lowest BCUT2D eigenvalue weighted by molar-refractivity contribution is -0.255. The largest absolute Gasteiger partial charge is 0.545 e. The Morgan fingerprint density at radius 3 is 2.09 bits per heavy atom. The van der Waals surface area contributed by atoms with Gasteiger partial charge in [-0.1, -0.05) is 0 Å². The number of carboxylic acid groups (broad SMARTS) is 1. The van der Waals surface area contributed by atoms with Gasteiger partial charge in [-0.2, -0.15) is 0 Å². The predicted molar refractivity (Wildman–Crippen MR) is 100 cm³/mol. The topological polar surface area (TPSA) is 66.4 Å². The van der Waals surface area contributed by atoms with Gasteiger partial charge in [0.2, 0.25) is 0 Å². The Kier molecular flexibility index (Phi) is 6.16. The molecule has 0 radical (unpaired) electrons. The molecule has 9 heteroatoms. The molecule has 0 amide bonds. The van der Waals surface area contributed by atoms with Gasteiger partial charge >= 0.3 is 5.97 Å². The lowest BCUT2D eigenvalue weighted by Gasteiger charge is -2.13. The molecule has 0 saturated heterocycles. The minimum atomic E-state index is -1.98. The van der Waals surface area contributed by atoms with Gasteiger partial charge in [-0.3, -0.25) is 0 Å². The molecular weight excluding hydrogens is 651 g/mol. The molecule has 23 heavy (non-hydrogen) atoms. The van der Waals surface area contributed by atoms with Crippen molar-refractivity contribution in [2.75, 3.05) is 0 Å². The molecule has 0 aliphatic rings. The zero-order valence-corrected chi connectivity index (χ0v) is 17.3. The van der Waals surface area contributed by atoms with E-state index >= 15 is 0 Å². The molecule has 0 atom stereocenters. The van der Waals surface area contributed by atoms with Crippen LogP contribution in [0.4, 0.5) is 8.78 Å². The molecule has 0 aliphatic carbocycles. The van der Waals surface area contributed by atoms with Crippen LogP contribution in [0.3, 0.4) is 0 Å². The summed E-state index contributed by atoms with van der Waals surface area (Å²) in [5.74, 6) is -6.47. The smallest absolute Gasteiger partial charge is 0.345 e. The first-order chi connectivity index (χ1) is 10.7. The third kappa shape index (κ3) is 4.10. The van der Waals surface area contributed by atoms with Crippen LogP contribution in [-0.2, 0) is 0 Å². The van der Waals surface area contributed by atoms with Crippen molar-refractivity contribution in [1.29, 1.82) is 0 Å². The molecule has 0 saturated carbocycles. The van der Waals surface area contributed by atoms with Crippen LogP contribution in [0.2, 0.25) is 0 Å². The number of halogens is 5. The van der Waals surface area contributed by atoms with Gasteiger partial charge in [0.15, 0.2) is 11.6 Å². The van der Waals surface area contributed by atoms with Crippen LogP contribution in [0.25, 0.3) is 0 Å². The second-order valence-corrected chi connectivity index (χ2v) is 7.73. The fraction of sp³-hybridized carbons (Fsp3) is 0. The van der Waals surface area contributed by atoms with Crippen molar-refractivity contribution in [1.82, 2.24) is 0 Å². The van der Waals surface area contributed by atoms with Gasteiger partial charge in [-0.25, -0.2) is 13.6 Å². The minimum absolute atomic E-state index is 0.209. The molecule has 0 aromatic heterocycles. The Bertz CT molecular complexity index is 801. The zero-order valence-electron chi connectivity index (χ0n) is 10.8. The Morgan fingerprint density at radius 1 is 1.00 bits per heavy atom. The lowest BCUT2D eigenvalue weighted by Crippen LogP contribution is -2.26. The van der Waals surface area contributed by atoms with Crippen molar-refractivity contribution < 1.29 is 28.2 Å². The van der Waals surface area contributed by atoms with Gasteiger partial charge < -0.3 is 14.6 Å². The van der Waals surface area contributed by atoms with E-state index in [0.29, 0.717) is 13.2 Å². The third-order valence-electron chi connectivity index (χ3n) is 2.67. The summed E-state index contributed by atoms with van der Waals surface area (Å²) in [5, 5.41) is 11.0. The standard InChI is InChI=1S/C14H5F2I3O4/c15-6-1-2-9(11(12(6)16)13(20)21)23-14(22)10-7(18)3-5(17)4-8(10)19/h1-4H,(H,20,21)/p-1. The van der Waals surface area contributed by atoms with Crippen LogP contribution in [0, 0.1) is 22.3 Å². The van der Waals surface area contributed by atoms with E-state index in [4.69, 9.17) is 4.74 Å². The summed E-state index contributed by atoms with van der Waals surface area (Å²) in [4.78, 5) is 23.3. The molecule has 2 rings (SSSR count). The van der Waals surface area contributed by atoms with Gasteiger partial charge in [-0.15, -0.1) is 0 Å². The van der Waals surface area contributed by atoms with Gasteiger partial charge in [0, 0.05) is 10.7 Å². The molecule has 0 heterocycles. The molecule has 0 spiro atoms. The Hall–Kier alpha value is -0.570. The second-order valence-electron chi connectivity index (χ2n) is 4.16. The normalized spacial score (nSPS) is 10.5. The molecule has 2 aromatic carbocycles. The van der Waals surface area contributed by atoms with Crippen LogP contribution in [0.5, 0.6) is 5.75 Å². The van der Waals surface area contributed by atoms with Crippen molar-refractivity contribution in [3.8, 4) is 5.75 Å². The predicted octanol–water partition coefficient (Wildman–Crippen LogP) is 3.36. The summed E-state index contributed by atoms with van der Waals surface area (Å²) in [6.45, 7) is 0. The highest BCUT2D eigenvalue weighted by atomic mass is 127. The van der Waals surface area contributed by atoms with E-state index in [1.165, 1.54) is 0 Å².